The lowest BCUT2D eigenvalue weighted by atomic mass is 9.92. The van der Waals surface area contributed by atoms with Gasteiger partial charge in [-0.05, 0) is 18.6 Å². The summed E-state index contributed by atoms with van der Waals surface area (Å²) in [4.78, 5) is 10.7. The second-order valence-corrected chi connectivity index (χ2v) is 3.37. The van der Waals surface area contributed by atoms with Gasteiger partial charge in [-0.25, -0.2) is 0 Å². The van der Waals surface area contributed by atoms with Crippen LogP contribution >= 0.6 is 0 Å². The number of furan rings is 1. The van der Waals surface area contributed by atoms with Gasteiger partial charge in [0.25, 0.3) is 0 Å². The van der Waals surface area contributed by atoms with E-state index in [1.54, 1.807) is 6.26 Å². The molecular weight excluding hydrogens is 176 g/mol. The zero-order chi connectivity index (χ0) is 10.4. The Morgan fingerprint density at radius 1 is 1.57 bits per heavy atom. The zero-order valence-electron chi connectivity index (χ0n) is 8.64. The predicted octanol–water partition coefficient (Wildman–Crippen LogP) is 3.16. The van der Waals surface area contributed by atoms with Crippen LogP contribution in [-0.4, -0.2) is 6.29 Å². The molecule has 14 heavy (non-hydrogen) atoms. The Hall–Kier alpha value is -1.31. The van der Waals surface area contributed by atoms with Gasteiger partial charge in [0.2, 0.25) is 0 Å². The number of rotatable bonds is 5. The molecule has 0 aliphatic carbocycles. The molecule has 0 aliphatic heterocycles. The van der Waals surface area contributed by atoms with Crippen molar-refractivity contribution in [2.75, 3.05) is 0 Å². The Labute approximate surface area is 84.6 Å². The molecule has 1 rings (SSSR count). The molecule has 0 saturated carbocycles. The predicted molar refractivity (Wildman–Crippen MR) is 56.1 cm³/mol. The van der Waals surface area contributed by atoms with E-state index < -0.39 is 0 Å². The summed E-state index contributed by atoms with van der Waals surface area (Å²) >= 11 is 0. The highest BCUT2D eigenvalue weighted by Gasteiger charge is 2.17. The maximum absolute atomic E-state index is 10.7. The molecular formula is C12H16O2. The molecule has 0 aliphatic rings. The van der Waals surface area contributed by atoms with Gasteiger partial charge in [0.05, 0.1) is 6.26 Å². The average Bonchev–Trinajstić information content (AvgIpc) is 2.71. The fraction of sp³-hybridized carbons (Fsp3) is 0.417. The van der Waals surface area contributed by atoms with Crippen LogP contribution in [0.2, 0.25) is 0 Å². The van der Waals surface area contributed by atoms with E-state index in [-0.39, 0.29) is 11.8 Å². The van der Waals surface area contributed by atoms with Gasteiger partial charge in [-0.2, -0.15) is 0 Å². The lowest BCUT2D eigenvalue weighted by Gasteiger charge is -2.12. The van der Waals surface area contributed by atoms with Crippen molar-refractivity contribution < 1.29 is 9.21 Å². The van der Waals surface area contributed by atoms with Crippen molar-refractivity contribution >= 4 is 6.29 Å². The van der Waals surface area contributed by atoms with Crippen LogP contribution in [0.5, 0.6) is 0 Å². The highest BCUT2D eigenvalue weighted by atomic mass is 16.3. The van der Waals surface area contributed by atoms with Crippen molar-refractivity contribution in [2.45, 2.75) is 26.2 Å². The number of carbonyl (C=O) groups is 1. The molecule has 1 aromatic rings. The summed E-state index contributed by atoms with van der Waals surface area (Å²) in [6, 6.07) is 3.75. The number of carbonyl (C=O) groups excluding carboxylic acids is 1. The molecule has 0 saturated heterocycles. The quantitative estimate of drug-likeness (QED) is 0.530. The third-order valence-corrected chi connectivity index (χ3v) is 2.23. The molecule has 0 N–H and O–H groups in total. The van der Waals surface area contributed by atoms with Crippen molar-refractivity contribution in [3.05, 3.63) is 36.3 Å². The van der Waals surface area contributed by atoms with Crippen molar-refractivity contribution in [2.24, 2.45) is 5.92 Å². The Morgan fingerprint density at radius 2 is 2.36 bits per heavy atom. The standard InChI is InChI=1S/C12H16O2/c1-3-4-6-11(10(2)9-13)12-7-5-8-14-12/h4-11H,3H2,1-2H3/b6-4+/t10-,11-/m1/s1. The monoisotopic (exact) mass is 192 g/mol. The zero-order valence-corrected chi connectivity index (χ0v) is 8.64. The largest absolute Gasteiger partial charge is 0.469 e. The Bertz CT molecular complexity index is 285. The minimum atomic E-state index is -0.0380. The van der Waals surface area contributed by atoms with E-state index >= 15 is 0 Å². The summed E-state index contributed by atoms with van der Waals surface area (Å²) in [6.07, 6.45) is 7.68. The Kier molecular flexibility index (Phi) is 4.17. The Balaban J connectivity index is 2.82. The lowest BCUT2D eigenvalue weighted by molar-refractivity contribution is -0.111. The maximum Gasteiger partial charge on any atom is 0.123 e. The van der Waals surface area contributed by atoms with Gasteiger partial charge < -0.3 is 9.21 Å². The van der Waals surface area contributed by atoms with Crippen LogP contribution in [0.25, 0.3) is 0 Å². The number of hydrogen-bond acceptors (Lipinski definition) is 2. The van der Waals surface area contributed by atoms with E-state index in [4.69, 9.17) is 4.42 Å². The van der Waals surface area contributed by atoms with Crippen LogP contribution in [0.4, 0.5) is 0 Å². The molecule has 1 aromatic heterocycles. The van der Waals surface area contributed by atoms with E-state index in [0.717, 1.165) is 18.5 Å². The molecule has 0 bridgehead atoms. The van der Waals surface area contributed by atoms with Crippen LogP contribution in [0.3, 0.4) is 0 Å². The van der Waals surface area contributed by atoms with Crippen molar-refractivity contribution in [1.29, 1.82) is 0 Å². The van der Waals surface area contributed by atoms with Gasteiger partial charge in [0.1, 0.15) is 12.0 Å². The summed E-state index contributed by atoms with van der Waals surface area (Å²) < 4.78 is 5.31. The number of aldehydes is 1. The van der Waals surface area contributed by atoms with Crippen molar-refractivity contribution in [3.63, 3.8) is 0 Å². The molecule has 0 radical (unpaired) electrons. The highest BCUT2D eigenvalue weighted by Crippen LogP contribution is 2.25. The second kappa shape index (κ2) is 5.43. The van der Waals surface area contributed by atoms with Crippen LogP contribution in [0, 0.1) is 5.92 Å². The first-order valence-electron chi connectivity index (χ1n) is 4.95. The van der Waals surface area contributed by atoms with Crippen molar-refractivity contribution in [3.8, 4) is 0 Å². The van der Waals surface area contributed by atoms with Crippen LogP contribution < -0.4 is 0 Å². The molecule has 0 fully saturated rings. The molecule has 2 heteroatoms. The molecule has 2 atom stereocenters. The molecule has 2 nitrogen and oxygen atoms in total. The minimum Gasteiger partial charge on any atom is -0.469 e. The van der Waals surface area contributed by atoms with Gasteiger partial charge in [-0.1, -0.05) is 26.0 Å². The third-order valence-electron chi connectivity index (χ3n) is 2.23. The van der Waals surface area contributed by atoms with Gasteiger partial charge in [-0.15, -0.1) is 0 Å². The first kappa shape index (κ1) is 10.8. The molecule has 1 heterocycles. The topological polar surface area (TPSA) is 30.2 Å². The van der Waals surface area contributed by atoms with Gasteiger partial charge in [0.15, 0.2) is 0 Å². The van der Waals surface area contributed by atoms with Crippen LogP contribution in [0.15, 0.2) is 35.0 Å². The van der Waals surface area contributed by atoms with Crippen molar-refractivity contribution in [1.82, 2.24) is 0 Å². The normalized spacial score (nSPS) is 15.6. The first-order valence-corrected chi connectivity index (χ1v) is 4.95. The molecule has 0 aromatic carbocycles. The smallest absolute Gasteiger partial charge is 0.123 e. The van der Waals surface area contributed by atoms with E-state index in [9.17, 15) is 4.79 Å². The summed E-state index contributed by atoms with van der Waals surface area (Å²) in [5.74, 6) is 0.890. The fourth-order valence-electron chi connectivity index (χ4n) is 1.38. The average molecular weight is 192 g/mol. The lowest BCUT2D eigenvalue weighted by Crippen LogP contribution is -2.07. The van der Waals surface area contributed by atoms with Gasteiger partial charge in [-0.3, -0.25) is 0 Å². The maximum atomic E-state index is 10.7. The highest BCUT2D eigenvalue weighted by molar-refractivity contribution is 5.55. The third kappa shape index (κ3) is 2.59. The Morgan fingerprint density at radius 3 is 2.86 bits per heavy atom. The summed E-state index contributed by atoms with van der Waals surface area (Å²) in [5, 5.41) is 0. The molecule has 0 spiro atoms. The van der Waals surface area contributed by atoms with Gasteiger partial charge >= 0.3 is 0 Å². The van der Waals surface area contributed by atoms with E-state index in [1.807, 2.05) is 25.1 Å². The first-order chi connectivity index (χ1) is 6.79. The van der Waals surface area contributed by atoms with E-state index in [0.29, 0.717) is 0 Å². The number of hydrogen-bond donors (Lipinski definition) is 0. The SMILES string of the molecule is CC/C=C/[C@@H](c1ccco1)[C@H](C)C=O. The second-order valence-electron chi connectivity index (χ2n) is 3.37. The molecule has 76 valence electrons. The summed E-state index contributed by atoms with van der Waals surface area (Å²) in [7, 11) is 0. The summed E-state index contributed by atoms with van der Waals surface area (Å²) in [6.45, 7) is 3.97. The summed E-state index contributed by atoms with van der Waals surface area (Å²) in [5.41, 5.74) is 0. The number of allylic oxidation sites excluding steroid dienone is 2. The molecule has 0 amide bonds. The van der Waals surface area contributed by atoms with E-state index in [2.05, 4.69) is 13.0 Å². The van der Waals surface area contributed by atoms with E-state index in [1.165, 1.54) is 0 Å². The fourth-order valence-corrected chi connectivity index (χ4v) is 1.38. The van der Waals surface area contributed by atoms with Crippen LogP contribution in [0.1, 0.15) is 31.9 Å². The van der Waals surface area contributed by atoms with Crippen LogP contribution in [-0.2, 0) is 4.79 Å². The van der Waals surface area contributed by atoms with Gasteiger partial charge in [0, 0.05) is 11.8 Å². The minimum absolute atomic E-state index is 0.0380. The molecule has 0 unspecified atom stereocenters.